The van der Waals surface area contributed by atoms with Gasteiger partial charge >= 0.3 is 5.63 Å². The lowest BCUT2D eigenvalue weighted by Gasteiger charge is -2.25. The van der Waals surface area contributed by atoms with Crippen molar-refractivity contribution in [2.24, 2.45) is 5.92 Å². The molecule has 2 atom stereocenters. The summed E-state index contributed by atoms with van der Waals surface area (Å²) in [5.41, 5.74) is 4.02. The number of carboxylic acid groups (broad SMARTS) is 1. The smallest absolute Gasteiger partial charge is 0.340 e. The highest BCUT2D eigenvalue weighted by Gasteiger charge is 2.21. The summed E-state index contributed by atoms with van der Waals surface area (Å²) in [6.07, 6.45) is 1.88. The number of rotatable bonds is 9. The fourth-order valence-electron chi connectivity index (χ4n) is 4.37. The molecule has 0 saturated heterocycles. The van der Waals surface area contributed by atoms with Crippen LogP contribution in [0.5, 0.6) is 0 Å². The molecule has 0 saturated carbocycles. The average molecular weight is 518 g/mol. The molecule has 4 rings (SSSR count). The molecule has 4 aromatic rings. The first-order chi connectivity index (χ1) is 18.1. The number of amides is 2. The van der Waals surface area contributed by atoms with E-state index >= 15 is 0 Å². The van der Waals surface area contributed by atoms with Gasteiger partial charge in [-0.15, -0.1) is 0 Å². The standard InChI is InChI=1S/C29H30N2O7/c1-5-16(3)27(28(34)35)31-26(33)13-30-25(32)11-20-17(4)19-10-21-22(18-8-6-15(2)7-9-18)14-37-23(21)12-24(19)38-29(20)36/h6-10,12,14,16,27H,5,11,13H2,1-4H3,(H,30,32)(H,31,33)(H,34,35)/p-1/t16-,27-/m0/s1. The maximum atomic E-state index is 12.7. The maximum Gasteiger partial charge on any atom is 0.340 e. The van der Waals surface area contributed by atoms with Crippen LogP contribution >= 0.6 is 0 Å². The summed E-state index contributed by atoms with van der Waals surface area (Å²) in [6.45, 7) is 6.79. The van der Waals surface area contributed by atoms with E-state index in [1.807, 2.05) is 37.3 Å². The summed E-state index contributed by atoms with van der Waals surface area (Å²) < 4.78 is 11.2. The lowest BCUT2D eigenvalue weighted by Crippen LogP contribution is -2.53. The van der Waals surface area contributed by atoms with E-state index in [-0.39, 0.29) is 17.9 Å². The number of fused-ring (bicyclic) bond motifs is 2. The van der Waals surface area contributed by atoms with Crippen molar-refractivity contribution in [3.05, 3.63) is 69.8 Å². The number of nitrogens with one attached hydrogen (secondary N) is 2. The number of aliphatic carboxylic acids is 1. The van der Waals surface area contributed by atoms with Gasteiger partial charge in [0, 0.05) is 22.4 Å². The molecule has 0 aliphatic carbocycles. The zero-order valence-electron chi connectivity index (χ0n) is 21.7. The molecule has 2 heterocycles. The number of hydrogen-bond acceptors (Lipinski definition) is 7. The molecule has 2 aromatic heterocycles. The first-order valence-corrected chi connectivity index (χ1v) is 12.4. The molecule has 2 N–H and O–H groups in total. The van der Waals surface area contributed by atoms with Gasteiger partial charge in [0.25, 0.3) is 0 Å². The third-order valence-electron chi connectivity index (χ3n) is 6.91. The van der Waals surface area contributed by atoms with Crippen LogP contribution in [-0.4, -0.2) is 30.4 Å². The molecule has 2 aromatic carbocycles. The van der Waals surface area contributed by atoms with Crippen molar-refractivity contribution >= 4 is 39.7 Å². The summed E-state index contributed by atoms with van der Waals surface area (Å²) in [5, 5.41) is 17.6. The number of hydrogen-bond donors (Lipinski definition) is 2. The van der Waals surface area contributed by atoms with Crippen molar-refractivity contribution < 1.29 is 28.3 Å². The summed E-state index contributed by atoms with van der Waals surface area (Å²) >= 11 is 0. The monoisotopic (exact) mass is 517 g/mol. The van der Waals surface area contributed by atoms with Crippen LogP contribution in [0.2, 0.25) is 0 Å². The van der Waals surface area contributed by atoms with Gasteiger partial charge in [-0.2, -0.15) is 0 Å². The highest BCUT2D eigenvalue weighted by molar-refractivity contribution is 6.02. The molecule has 38 heavy (non-hydrogen) atoms. The van der Waals surface area contributed by atoms with Crippen molar-refractivity contribution in [3.63, 3.8) is 0 Å². The van der Waals surface area contributed by atoms with Gasteiger partial charge in [-0.05, 0) is 37.0 Å². The minimum absolute atomic E-state index is 0.169. The lowest BCUT2D eigenvalue weighted by molar-refractivity contribution is -0.309. The van der Waals surface area contributed by atoms with Gasteiger partial charge in [0.2, 0.25) is 11.8 Å². The second-order valence-corrected chi connectivity index (χ2v) is 9.56. The number of carboxylic acids is 1. The Labute approximate surface area is 218 Å². The van der Waals surface area contributed by atoms with E-state index in [2.05, 4.69) is 10.6 Å². The van der Waals surface area contributed by atoms with Crippen LogP contribution in [0.3, 0.4) is 0 Å². The molecule has 0 bridgehead atoms. The van der Waals surface area contributed by atoms with Crippen LogP contribution in [0.4, 0.5) is 0 Å². The van der Waals surface area contributed by atoms with Crippen LogP contribution in [0.15, 0.2) is 56.3 Å². The topological polar surface area (TPSA) is 142 Å². The van der Waals surface area contributed by atoms with Gasteiger partial charge in [0.15, 0.2) is 0 Å². The Hall–Kier alpha value is -4.40. The number of aryl methyl sites for hydroxylation is 2. The van der Waals surface area contributed by atoms with Crippen LogP contribution in [0, 0.1) is 19.8 Å². The predicted molar refractivity (Wildman–Crippen MR) is 140 cm³/mol. The Morgan fingerprint density at radius 2 is 1.71 bits per heavy atom. The van der Waals surface area contributed by atoms with Gasteiger partial charge in [-0.3, -0.25) is 9.59 Å². The Balaban J connectivity index is 1.55. The van der Waals surface area contributed by atoms with Crippen LogP contribution in [0.1, 0.15) is 37.0 Å². The van der Waals surface area contributed by atoms with E-state index in [1.165, 1.54) is 0 Å². The Bertz CT molecular complexity index is 1580. The Morgan fingerprint density at radius 3 is 2.37 bits per heavy atom. The fourth-order valence-corrected chi connectivity index (χ4v) is 4.37. The largest absolute Gasteiger partial charge is 0.548 e. The molecule has 198 valence electrons. The molecule has 0 aliphatic heterocycles. The van der Waals surface area contributed by atoms with Crippen molar-refractivity contribution in [1.29, 1.82) is 0 Å². The van der Waals surface area contributed by atoms with E-state index in [0.29, 0.717) is 28.5 Å². The number of carbonyl (C=O) groups excluding carboxylic acids is 3. The van der Waals surface area contributed by atoms with Gasteiger partial charge in [0.1, 0.15) is 11.2 Å². The highest BCUT2D eigenvalue weighted by Crippen LogP contribution is 2.34. The van der Waals surface area contributed by atoms with E-state index in [4.69, 9.17) is 8.83 Å². The normalized spacial score (nSPS) is 12.8. The van der Waals surface area contributed by atoms with Gasteiger partial charge in [-0.1, -0.05) is 50.1 Å². The second-order valence-electron chi connectivity index (χ2n) is 9.56. The molecule has 0 aliphatic rings. The molecule has 0 fully saturated rings. The van der Waals surface area contributed by atoms with Crippen LogP contribution in [0.25, 0.3) is 33.1 Å². The van der Waals surface area contributed by atoms with Crippen LogP contribution in [-0.2, 0) is 20.8 Å². The summed E-state index contributed by atoms with van der Waals surface area (Å²) in [6, 6.07) is 10.4. The quantitative estimate of drug-likeness (QED) is 0.325. The predicted octanol–water partition coefficient (Wildman–Crippen LogP) is 2.76. The Morgan fingerprint density at radius 1 is 1.00 bits per heavy atom. The van der Waals surface area contributed by atoms with Gasteiger partial charge in [0.05, 0.1) is 36.8 Å². The first kappa shape index (κ1) is 26.7. The zero-order chi connectivity index (χ0) is 27.6. The number of carbonyl (C=O) groups is 3. The van der Waals surface area contributed by atoms with E-state index in [9.17, 15) is 24.3 Å². The molecule has 9 nitrogen and oxygen atoms in total. The Kier molecular flexibility index (Phi) is 7.66. The molecule has 0 spiro atoms. The van der Waals surface area contributed by atoms with E-state index < -0.39 is 36.0 Å². The van der Waals surface area contributed by atoms with Crippen molar-refractivity contribution in [1.82, 2.24) is 10.6 Å². The maximum absolute atomic E-state index is 12.7. The zero-order valence-corrected chi connectivity index (χ0v) is 21.7. The third kappa shape index (κ3) is 5.46. The van der Waals surface area contributed by atoms with Crippen LogP contribution < -0.4 is 21.4 Å². The van der Waals surface area contributed by atoms with Gasteiger partial charge < -0.3 is 29.4 Å². The molecular weight excluding hydrogens is 488 g/mol. The lowest BCUT2D eigenvalue weighted by atomic mass is 9.99. The minimum atomic E-state index is -1.39. The summed E-state index contributed by atoms with van der Waals surface area (Å²) in [4.78, 5) is 48.8. The molecule has 0 radical (unpaired) electrons. The summed E-state index contributed by atoms with van der Waals surface area (Å²) in [7, 11) is 0. The molecule has 9 heteroatoms. The minimum Gasteiger partial charge on any atom is -0.548 e. The second kappa shape index (κ2) is 10.9. The SMILES string of the molecule is CC[C@H](C)[C@H](NC(=O)CNC(=O)Cc1c(C)c2cc3c(-c4ccc(C)cc4)coc3cc2oc1=O)C(=O)[O-]. The van der Waals surface area contributed by atoms with Crippen molar-refractivity contribution in [3.8, 4) is 11.1 Å². The summed E-state index contributed by atoms with van der Waals surface area (Å²) in [5.74, 6) is -2.97. The van der Waals surface area contributed by atoms with E-state index in [0.717, 1.165) is 22.1 Å². The fraction of sp³-hybridized carbons (Fsp3) is 0.310. The number of furan rings is 1. The molecule has 2 amide bonds. The number of benzene rings is 2. The first-order valence-electron chi connectivity index (χ1n) is 12.4. The third-order valence-corrected chi connectivity index (χ3v) is 6.91. The van der Waals surface area contributed by atoms with Crippen molar-refractivity contribution in [2.45, 2.75) is 46.6 Å². The van der Waals surface area contributed by atoms with E-state index in [1.54, 1.807) is 33.1 Å². The molecule has 0 unspecified atom stereocenters. The average Bonchev–Trinajstić information content (AvgIpc) is 3.30. The van der Waals surface area contributed by atoms with Gasteiger partial charge in [-0.25, -0.2) is 4.79 Å². The highest BCUT2D eigenvalue weighted by atomic mass is 16.4. The molecular formula is C29H29N2O7-. The van der Waals surface area contributed by atoms with Crippen molar-refractivity contribution in [2.75, 3.05) is 6.54 Å².